The smallest absolute Gasteiger partial charge is 0.326 e. The first-order chi connectivity index (χ1) is 13.4. The second-order valence-corrected chi connectivity index (χ2v) is 7.77. The van der Waals surface area contributed by atoms with Crippen LogP contribution in [0.15, 0.2) is 34.4 Å². The van der Waals surface area contributed by atoms with Crippen LogP contribution in [0.25, 0.3) is 0 Å². The average Bonchev–Trinajstić information content (AvgIpc) is 3.01. The first kappa shape index (κ1) is 20.1. The van der Waals surface area contributed by atoms with Gasteiger partial charge in [-0.1, -0.05) is 11.3 Å². The number of ether oxygens (including phenoxy) is 1. The van der Waals surface area contributed by atoms with Crippen LogP contribution in [-0.2, 0) is 20.9 Å². The summed E-state index contributed by atoms with van der Waals surface area (Å²) in [6.07, 6.45) is 2.74. The van der Waals surface area contributed by atoms with Crippen molar-refractivity contribution in [2.75, 3.05) is 23.3 Å². The molecule has 0 spiro atoms. The van der Waals surface area contributed by atoms with Gasteiger partial charge in [0.15, 0.2) is 6.10 Å². The van der Waals surface area contributed by atoms with Crippen LogP contribution in [0.5, 0.6) is 0 Å². The van der Waals surface area contributed by atoms with E-state index in [0.717, 1.165) is 30.1 Å². The fraction of sp³-hybridized carbons (Fsp3) is 0.450. The molecule has 1 aromatic heterocycles. The number of amides is 1. The van der Waals surface area contributed by atoms with Crippen molar-refractivity contribution in [1.29, 1.82) is 0 Å². The Labute approximate surface area is 167 Å². The van der Waals surface area contributed by atoms with Gasteiger partial charge in [0.2, 0.25) is 0 Å². The lowest BCUT2D eigenvalue weighted by molar-refractivity contribution is -0.153. The predicted octanol–water partition coefficient (Wildman–Crippen LogP) is 2.78. The maximum Gasteiger partial charge on any atom is 0.326 e. The number of rotatable bonds is 6. The number of benzene rings is 1. The minimum Gasteiger partial charge on any atom is -0.451 e. The van der Waals surface area contributed by atoms with Crippen LogP contribution in [0, 0.1) is 6.92 Å². The molecule has 0 saturated carbocycles. The van der Waals surface area contributed by atoms with E-state index in [1.807, 2.05) is 24.3 Å². The Balaban J connectivity index is 1.52. The van der Waals surface area contributed by atoms with Crippen LogP contribution in [-0.4, -0.2) is 35.6 Å². The molecule has 2 heterocycles. The quantitative estimate of drug-likeness (QED) is 0.750. The summed E-state index contributed by atoms with van der Waals surface area (Å²) in [6, 6.07) is 7.68. The van der Waals surface area contributed by atoms with E-state index in [-0.39, 0.29) is 11.4 Å². The Morgan fingerprint density at radius 2 is 1.86 bits per heavy atom. The third-order valence-electron chi connectivity index (χ3n) is 4.80. The topological polar surface area (TPSA) is 80.6 Å². The maximum absolute atomic E-state index is 12.3. The molecule has 7 nitrogen and oxygen atoms in total. The SMILES string of the molecule is Cc1csc(=O)n1CC(=O)O[C@H](C)C(=O)Nc1ccc(N2CCCCC2)cc1. The molecule has 3 rings (SSSR count). The van der Waals surface area contributed by atoms with Crippen molar-refractivity contribution in [3.63, 3.8) is 0 Å². The largest absolute Gasteiger partial charge is 0.451 e. The zero-order valence-corrected chi connectivity index (χ0v) is 17.0. The first-order valence-corrected chi connectivity index (χ1v) is 10.3. The van der Waals surface area contributed by atoms with Gasteiger partial charge in [-0.25, -0.2) is 0 Å². The number of hydrogen-bond donors (Lipinski definition) is 1. The van der Waals surface area contributed by atoms with E-state index in [1.165, 1.54) is 30.8 Å². The second kappa shape index (κ2) is 9.05. The van der Waals surface area contributed by atoms with E-state index in [2.05, 4.69) is 10.2 Å². The molecule has 1 aromatic carbocycles. The Morgan fingerprint density at radius 1 is 1.18 bits per heavy atom. The molecule has 1 fully saturated rings. The molecule has 2 aromatic rings. The number of aromatic nitrogens is 1. The van der Waals surface area contributed by atoms with E-state index >= 15 is 0 Å². The molecule has 1 amide bonds. The predicted molar refractivity (Wildman–Crippen MR) is 110 cm³/mol. The van der Waals surface area contributed by atoms with Gasteiger partial charge in [-0.2, -0.15) is 0 Å². The van der Waals surface area contributed by atoms with Gasteiger partial charge in [0.25, 0.3) is 5.91 Å². The summed E-state index contributed by atoms with van der Waals surface area (Å²) in [7, 11) is 0. The van der Waals surface area contributed by atoms with Crippen LogP contribution >= 0.6 is 11.3 Å². The highest BCUT2D eigenvalue weighted by molar-refractivity contribution is 7.07. The number of piperidine rings is 1. The highest BCUT2D eigenvalue weighted by atomic mass is 32.1. The molecule has 1 aliphatic heterocycles. The Morgan fingerprint density at radius 3 is 2.46 bits per heavy atom. The normalized spacial score (nSPS) is 15.1. The number of aryl methyl sites for hydroxylation is 1. The Bertz CT molecular complexity index is 882. The maximum atomic E-state index is 12.3. The van der Waals surface area contributed by atoms with Crippen molar-refractivity contribution < 1.29 is 14.3 Å². The molecule has 0 aliphatic carbocycles. The minimum atomic E-state index is -0.955. The van der Waals surface area contributed by atoms with Crippen molar-refractivity contribution in [1.82, 2.24) is 4.57 Å². The van der Waals surface area contributed by atoms with Crippen LogP contribution in [0.4, 0.5) is 11.4 Å². The number of anilines is 2. The minimum absolute atomic E-state index is 0.198. The number of hydrogen-bond acceptors (Lipinski definition) is 6. The summed E-state index contributed by atoms with van der Waals surface area (Å²) >= 11 is 1.03. The molecular formula is C20H25N3O4S. The van der Waals surface area contributed by atoms with E-state index in [0.29, 0.717) is 11.4 Å². The lowest BCUT2D eigenvalue weighted by atomic mass is 10.1. The van der Waals surface area contributed by atoms with Gasteiger partial charge in [0.1, 0.15) is 6.54 Å². The summed E-state index contributed by atoms with van der Waals surface area (Å²) in [5.74, 6) is -1.03. The van der Waals surface area contributed by atoms with Gasteiger partial charge in [-0.15, -0.1) is 0 Å². The third-order valence-corrected chi connectivity index (χ3v) is 5.68. The molecule has 8 heteroatoms. The van der Waals surface area contributed by atoms with E-state index in [9.17, 15) is 14.4 Å². The number of esters is 1. The monoisotopic (exact) mass is 403 g/mol. The van der Waals surface area contributed by atoms with Crippen LogP contribution < -0.4 is 15.1 Å². The van der Waals surface area contributed by atoms with Gasteiger partial charge >= 0.3 is 10.8 Å². The zero-order chi connectivity index (χ0) is 20.1. The zero-order valence-electron chi connectivity index (χ0n) is 16.1. The molecule has 1 aliphatic rings. The lowest BCUT2D eigenvalue weighted by Crippen LogP contribution is -2.32. The second-order valence-electron chi connectivity index (χ2n) is 6.95. The van der Waals surface area contributed by atoms with Crippen LogP contribution in [0.2, 0.25) is 0 Å². The van der Waals surface area contributed by atoms with E-state index in [1.54, 1.807) is 12.3 Å². The molecular weight excluding hydrogens is 378 g/mol. The van der Waals surface area contributed by atoms with Gasteiger partial charge in [0.05, 0.1) is 0 Å². The van der Waals surface area contributed by atoms with E-state index < -0.39 is 18.0 Å². The summed E-state index contributed by atoms with van der Waals surface area (Å²) in [5, 5.41) is 4.44. The van der Waals surface area contributed by atoms with Gasteiger partial charge in [-0.05, 0) is 57.4 Å². The van der Waals surface area contributed by atoms with Crippen molar-refractivity contribution in [3.8, 4) is 0 Å². The highest BCUT2D eigenvalue weighted by Crippen LogP contribution is 2.22. The highest BCUT2D eigenvalue weighted by Gasteiger charge is 2.19. The number of carbonyl (C=O) groups is 2. The Kier molecular flexibility index (Phi) is 6.51. The molecule has 0 radical (unpaired) electrons. The summed E-state index contributed by atoms with van der Waals surface area (Å²) < 4.78 is 6.50. The van der Waals surface area contributed by atoms with Crippen LogP contribution in [0.3, 0.4) is 0 Å². The fourth-order valence-corrected chi connectivity index (χ4v) is 3.90. The van der Waals surface area contributed by atoms with Gasteiger partial charge < -0.3 is 15.0 Å². The number of nitrogens with zero attached hydrogens (tertiary/aromatic N) is 2. The number of carbonyl (C=O) groups excluding carboxylic acids is 2. The summed E-state index contributed by atoms with van der Waals surface area (Å²) in [6.45, 7) is 5.18. The van der Waals surface area contributed by atoms with Crippen molar-refractivity contribution in [2.24, 2.45) is 0 Å². The summed E-state index contributed by atoms with van der Waals surface area (Å²) in [4.78, 5) is 38.1. The van der Waals surface area contributed by atoms with E-state index in [4.69, 9.17) is 4.74 Å². The molecule has 0 unspecified atom stereocenters. The summed E-state index contributed by atoms with van der Waals surface area (Å²) in [5.41, 5.74) is 2.49. The third kappa shape index (κ3) is 5.01. The van der Waals surface area contributed by atoms with Crippen molar-refractivity contribution >= 4 is 34.6 Å². The van der Waals surface area contributed by atoms with Gasteiger partial charge in [-0.3, -0.25) is 19.0 Å². The fourth-order valence-electron chi connectivity index (χ4n) is 3.16. The number of thiazole rings is 1. The first-order valence-electron chi connectivity index (χ1n) is 9.44. The average molecular weight is 404 g/mol. The molecule has 1 saturated heterocycles. The van der Waals surface area contributed by atoms with Crippen molar-refractivity contribution in [2.45, 2.75) is 45.8 Å². The van der Waals surface area contributed by atoms with Gasteiger partial charge in [0, 0.05) is 35.5 Å². The lowest BCUT2D eigenvalue weighted by Gasteiger charge is -2.28. The molecule has 28 heavy (non-hydrogen) atoms. The molecule has 1 atom stereocenters. The molecule has 0 bridgehead atoms. The van der Waals surface area contributed by atoms with Crippen molar-refractivity contribution in [3.05, 3.63) is 45.0 Å². The molecule has 1 N–H and O–H groups in total. The van der Waals surface area contributed by atoms with Crippen LogP contribution in [0.1, 0.15) is 31.9 Å². The molecule has 150 valence electrons. The Hall–Kier alpha value is -2.61. The number of nitrogens with one attached hydrogen (secondary N) is 1. The standard InChI is InChI=1S/C20H25N3O4S/c1-14-13-28-20(26)23(14)12-18(24)27-15(2)19(25)21-16-6-8-17(9-7-16)22-10-4-3-5-11-22/h6-9,13,15H,3-5,10-12H2,1-2H3,(H,21,25)/t15-/m1/s1.